The topological polar surface area (TPSA) is 43.1 Å². The van der Waals surface area contributed by atoms with Crippen LogP contribution in [0.15, 0.2) is 0 Å². The minimum absolute atomic E-state index is 0.0417. The minimum Gasteiger partial charge on any atom is -0.327 e. The minimum atomic E-state index is -0.337. The molecule has 2 nitrogen and oxygen atoms in total. The lowest BCUT2D eigenvalue weighted by Gasteiger charge is -2.04. The average Bonchev–Trinajstić information content (AvgIpc) is 1.63. The molecular weight excluding hydrogens is 138 g/mol. The van der Waals surface area contributed by atoms with Crippen molar-refractivity contribution in [3.63, 3.8) is 0 Å². The fourth-order valence-electron chi connectivity index (χ4n) is 0.679. The highest BCUT2D eigenvalue weighted by Crippen LogP contribution is 2.00. The zero-order valence-corrected chi connectivity index (χ0v) is 6.32. The molecule has 0 radical (unpaired) electrons. The largest absolute Gasteiger partial charge is 0.327 e. The van der Waals surface area contributed by atoms with Crippen molar-refractivity contribution in [1.29, 1.82) is 0 Å². The summed E-state index contributed by atoms with van der Waals surface area (Å²) in [5.41, 5.74) is 5.48. The maximum absolute atomic E-state index is 10.2. The summed E-state index contributed by atoms with van der Waals surface area (Å²) in [7, 11) is 0. The van der Waals surface area contributed by atoms with E-state index in [0.29, 0.717) is 6.42 Å². The fourth-order valence-corrected chi connectivity index (χ4v) is 0.877. The van der Waals surface area contributed by atoms with Crippen molar-refractivity contribution < 1.29 is 4.79 Å². The van der Waals surface area contributed by atoms with Crippen molar-refractivity contribution in [2.45, 2.75) is 32.2 Å². The van der Waals surface area contributed by atoms with Crippen molar-refractivity contribution in [3.05, 3.63) is 0 Å². The molecule has 0 heterocycles. The van der Waals surface area contributed by atoms with Crippen LogP contribution in [-0.4, -0.2) is 11.3 Å². The van der Waals surface area contributed by atoms with E-state index in [1.54, 1.807) is 0 Å². The van der Waals surface area contributed by atoms with Crippen LogP contribution in [0.4, 0.5) is 0 Å². The van der Waals surface area contributed by atoms with Gasteiger partial charge in [-0.1, -0.05) is 13.3 Å². The molecule has 0 aliphatic heterocycles. The molecule has 0 aliphatic rings. The molecule has 0 aromatic carbocycles. The zero-order valence-electron chi connectivity index (χ0n) is 5.56. The Bertz CT molecular complexity index is 95.1. The summed E-state index contributed by atoms with van der Waals surface area (Å²) in [4.78, 5) is 10.2. The first-order valence-electron chi connectivity index (χ1n) is 3.10. The van der Waals surface area contributed by atoms with Gasteiger partial charge in [0.1, 0.15) is 0 Å². The van der Waals surface area contributed by atoms with Gasteiger partial charge in [0, 0.05) is 12.5 Å². The molecule has 0 amide bonds. The number of hydrogen-bond donors (Lipinski definition) is 1. The molecule has 0 saturated heterocycles. The van der Waals surface area contributed by atoms with Gasteiger partial charge in [0.25, 0.3) is 0 Å². The molecule has 9 heavy (non-hydrogen) atoms. The maximum atomic E-state index is 10.2. The van der Waals surface area contributed by atoms with E-state index in [0.717, 1.165) is 12.8 Å². The van der Waals surface area contributed by atoms with Gasteiger partial charge in [-0.25, -0.2) is 0 Å². The lowest BCUT2D eigenvalue weighted by molar-refractivity contribution is -0.112. The van der Waals surface area contributed by atoms with Gasteiger partial charge in [0.05, 0.1) is 0 Å². The molecule has 0 spiro atoms. The second-order valence-corrected chi connectivity index (χ2v) is 2.53. The third-order valence-corrected chi connectivity index (χ3v) is 1.24. The molecule has 0 fully saturated rings. The Labute approximate surface area is 60.4 Å². The van der Waals surface area contributed by atoms with Crippen molar-refractivity contribution >= 4 is 16.8 Å². The predicted octanol–water partition coefficient (Wildman–Crippen LogP) is 1.27. The molecule has 54 valence electrons. The van der Waals surface area contributed by atoms with Crippen LogP contribution in [-0.2, 0) is 4.79 Å². The van der Waals surface area contributed by atoms with Crippen LogP contribution >= 0.6 is 11.6 Å². The lowest BCUT2D eigenvalue weighted by atomic mass is 10.1. The van der Waals surface area contributed by atoms with Crippen molar-refractivity contribution in [3.8, 4) is 0 Å². The van der Waals surface area contributed by atoms with E-state index in [2.05, 4.69) is 0 Å². The molecule has 2 N–H and O–H groups in total. The van der Waals surface area contributed by atoms with Crippen LogP contribution < -0.4 is 5.73 Å². The molecule has 0 rings (SSSR count). The zero-order chi connectivity index (χ0) is 7.28. The van der Waals surface area contributed by atoms with Gasteiger partial charge in [-0.3, -0.25) is 4.79 Å². The first kappa shape index (κ1) is 8.92. The van der Waals surface area contributed by atoms with Crippen LogP contribution in [0.5, 0.6) is 0 Å². The second-order valence-electron chi connectivity index (χ2n) is 2.11. The molecule has 0 aromatic heterocycles. The third kappa shape index (κ3) is 5.80. The molecule has 1 unspecified atom stereocenters. The number of carbonyl (C=O) groups excluding carboxylic acids is 1. The summed E-state index contributed by atoms with van der Waals surface area (Å²) in [6.45, 7) is 2.03. The van der Waals surface area contributed by atoms with Crippen molar-refractivity contribution in [2.75, 3.05) is 0 Å². The lowest BCUT2D eigenvalue weighted by Crippen LogP contribution is -2.21. The first-order valence-corrected chi connectivity index (χ1v) is 3.48. The Hall–Kier alpha value is -0.0800. The van der Waals surface area contributed by atoms with Crippen molar-refractivity contribution in [1.82, 2.24) is 0 Å². The quantitative estimate of drug-likeness (QED) is 0.612. The summed E-state index contributed by atoms with van der Waals surface area (Å²) in [5.74, 6) is 0. The molecule has 0 aliphatic carbocycles. The van der Waals surface area contributed by atoms with Gasteiger partial charge in [-0.2, -0.15) is 0 Å². The summed E-state index contributed by atoms with van der Waals surface area (Å²) in [5, 5.41) is -0.337. The standard InChI is InChI=1S/C6H12ClNO/c1-2-3-5(8)4-6(7)9/h5H,2-4,8H2,1H3. The van der Waals surface area contributed by atoms with Crippen LogP contribution in [0.25, 0.3) is 0 Å². The Morgan fingerprint density at radius 3 is 2.67 bits per heavy atom. The van der Waals surface area contributed by atoms with Crippen LogP contribution in [0.1, 0.15) is 26.2 Å². The van der Waals surface area contributed by atoms with Gasteiger partial charge >= 0.3 is 0 Å². The molecule has 0 saturated carbocycles. The molecule has 0 aromatic rings. The van der Waals surface area contributed by atoms with Crippen LogP contribution in [0.2, 0.25) is 0 Å². The molecular formula is C6H12ClNO. The average molecular weight is 150 g/mol. The number of halogens is 1. The van der Waals surface area contributed by atoms with E-state index in [1.165, 1.54) is 0 Å². The summed E-state index contributed by atoms with van der Waals surface area (Å²) in [6.07, 6.45) is 2.18. The summed E-state index contributed by atoms with van der Waals surface area (Å²) in [6, 6.07) is -0.0417. The maximum Gasteiger partial charge on any atom is 0.223 e. The van der Waals surface area contributed by atoms with E-state index >= 15 is 0 Å². The highest BCUT2D eigenvalue weighted by Gasteiger charge is 2.04. The molecule has 1 atom stereocenters. The Morgan fingerprint density at radius 2 is 2.33 bits per heavy atom. The highest BCUT2D eigenvalue weighted by molar-refractivity contribution is 6.63. The van der Waals surface area contributed by atoms with E-state index < -0.39 is 0 Å². The Kier molecular flexibility index (Phi) is 4.72. The van der Waals surface area contributed by atoms with Gasteiger partial charge < -0.3 is 5.73 Å². The molecule has 0 bridgehead atoms. The van der Waals surface area contributed by atoms with E-state index in [4.69, 9.17) is 17.3 Å². The third-order valence-electron chi connectivity index (χ3n) is 1.08. The van der Waals surface area contributed by atoms with Crippen LogP contribution in [0, 0.1) is 0 Å². The predicted molar refractivity (Wildman–Crippen MR) is 38.4 cm³/mol. The van der Waals surface area contributed by atoms with Gasteiger partial charge in [0.2, 0.25) is 5.24 Å². The smallest absolute Gasteiger partial charge is 0.223 e. The van der Waals surface area contributed by atoms with Crippen molar-refractivity contribution in [2.24, 2.45) is 5.73 Å². The van der Waals surface area contributed by atoms with E-state index in [-0.39, 0.29) is 11.3 Å². The van der Waals surface area contributed by atoms with E-state index in [9.17, 15) is 4.79 Å². The fraction of sp³-hybridized carbons (Fsp3) is 0.833. The number of hydrogen-bond acceptors (Lipinski definition) is 2. The van der Waals surface area contributed by atoms with Gasteiger partial charge in [-0.05, 0) is 18.0 Å². The van der Waals surface area contributed by atoms with Crippen LogP contribution in [0.3, 0.4) is 0 Å². The van der Waals surface area contributed by atoms with Gasteiger partial charge in [-0.15, -0.1) is 0 Å². The second kappa shape index (κ2) is 4.77. The monoisotopic (exact) mass is 149 g/mol. The number of carbonyl (C=O) groups is 1. The van der Waals surface area contributed by atoms with Gasteiger partial charge in [0.15, 0.2) is 0 Å². The SMILES string of the molecule is CCCC(N)CC(=O)Cl. The van der Waals surface area contributed by atoms with E-state index in [1.807, 2.05) is 6.92 Å². The number of nitrogens with two attached hydrogens (primary N) is 1. The number of rotatable bonds is 4. The molecule has 3 heteroatoms. The first-order chi connectivity index (χ1) is 4.16. The Balaban J connectivity index is 3.26. The highest BCUT2D eigenvalue weighted by atomic mass is 35.5. The summed E-state index contributed by atoms with van der Waals surface area (Å²) >= 11 is 5.09. The summed E-state index contributed by atoms with van der Waals surface area (Å²) < 4.78 is 0. The Morgan fingerprint density at radius 1 is 1.78 bits per heavy atom. The normalized spacial score (nSPS) is 13.2.